The van der Waals surface area contributed by atoms with Gasteiger partial charge in [-0.1, -0.05) is 152 Å². The lowest BCUT2D eigenvalue weighted by Gasteiger charge is -2.07. The smallest absolute Gasteiger partial charge is 0.133 e. The molecule has 0 unspecified atom stereocenters. The van der Waals surface area contributed by atoms with Crippen LogP contribution in [-0.4, -0.2) is 9.55 Å². The molecule has 3 heteroatoms. The van der Waals surface area contributed by atoms with Gasteiger partial charge in [-0.25, -0.2) is 4.98 Å². The molecule has 0 N–H and O–H groups in total. The molecule has 0 fully saturated rings. The van der Waals surface area contributed by atoms with Gasteiger partial charge >= 0.3 is 0 Å². The Balaban J connectivity index is 0.00000456. The predicted molar refractivity (Wildman–Crippen MR) is 162 cm³/mol. The second-order valence-corrected chi connectivity index (χ2v) is 10.2. The van der Waals surface area contributed by atoms with E-state index in [2.05, 4.69) is 78.2 Å². The van der Waals surface area contributed by atoms with Gasteiger partial charge in [-0.05, 0) is 30.2 Å². The van der Waals surface area contributed by atoms with Crippen molar-refractivity contribution in [3.05, 3.63) is 66.0 Å². The van der Waals surface area contributed by atoms with E-state index in [9.17, 15) is 0 Å². The van der Waals surface area contributed by atoms with Crippen molar-refractivity contribution in [2.45, 2.75) is 116 Å². The number of hydrogen-bond donors (Lipinski definition) is 0. The second-order valence-electron chi connectivity index (χ2n) is 10.2. The molecule has 198 valence electrons. The molecular weight excluding hydrogens is 460 g/mol. The van der Waals surface area contributed by atoms with Gasteiger partial charge in [0.05, 0.1) is 11.0 Å². The maximum atomic E-state index is 4.90. The monoisotopic (exact) mass is 508 g/mol. The fourth-order valence-corrected chi connectivity index (χ4v) is 5.01. The minimum Gasteiger partial charge on any atom is -0.324 e. The molecular formula is C33H49ClN2. The molecule has 3 rings (SSSR count). The normalized spacial score (nSPS) is 11.4. The van der Waals surface area contributed by atoms with Gasteiger partial charge in [-0.2, -0.15) is 0 Å². The SMILES string of the molecule is CCCCCCCCCCCCCCCCCCn1c(C=Cc2ccccc2)nc2ccccc21.Cl. The molecule has 36 heavy (non-hydrogen) atoms. The van der Waals surface area contributed by atoms with Gasteiger partial charge in [0.25, 0.3) is 0 Å². The molecule has 0 amide bonds. The Hall–Kier alpha value is -2.06. The molecule has 0 aliphatic heterocycles. The highest BCUT2D eigenvalue weighted by Crippen LogP contribution is 2.20. The van der Waals surface area contributed by atoms with Crippen LogP contribution in [0.25, 0.3) is 23.2 Å². The summed E-state index contributed by atoms with van der Waals surface area (Å²) in [6.07, 6.45) is 26.9. The van der Waals surface area contributed by atoms with Gasteiger partial charge in [-0.15, -0.1) is 12.4 Å². The summed E-state index contributed by atoms with van der Waals surface area (Å²) in [5.41, 5.74) is 3.56. The number of nitrogens with zero attached hydrogens (tertiary/aromatic N) is 2. The minimum absolute atomic E-state index is 0. The Bertz CT molecular complexity index is 960. The Kier molecular flexibility index (Phi) is 16.0. The van der Waals surface area contributed by atoms with Gasteiger partial charge in [0.2, 0.25) is 0 Å². The van der Waals surface area contributed by atoms with Crippen LogP contribution in [0, 0.1) is 0 Å². The lowest BCUT2D eigenvalue weighted by Crippen LogP contribution is -2.00. The largest absolute Gasteiger partial charge is 0.324 e. The van der Waals surface area contributed by atoms with Crippen LogP contribution < -0.4 is 0 Å². The van der Waals surface area contributed by atoms with Crippen molar-refractivity contribution in [2.24, 2.45) is 0 Å². The van der Waals surface area contributed by atoms with E-state index in [1.165, 1.54) is 114 Å². The number of halogens is 1. The Labute approximate surface area is 227 Å². The first-order valence-corrected chi connectivity index (χ1v) is 14.6. The lowest BCUT2D eigenvalue weighted by atomic mass is 10.0. The zero-order valence-corrected chi connectivity index (χ0v) is 23.5. The quantitative estimate of drug-likeness (QED) is 0.147. The topological polar surface area (TPSA) is 17.8 Å². The first kappa shape index (κ1) is 30.2. The maximum absolute atomic E-state index is 4.90. The van der Waals surface area contributed by atoms with Crippen LogP contribution in [0.15, 0.2) is 54.6 Å². The van der Waals surface area contributed by atoms with Crippen molar-refractivity contribution in [3.63, 3.8) is 0 Å². The summed E-state index contributed by atoms with van der Waals surface area (Å²) in [4.78, 5) is 4.90. The van der Waals surface area contributed by atoms with Crippen molar-refractivity contribution < 1.29 is 0 Å². The average molecular weight is 509 g/mol. The molecule has 0 aliphatic rings. The van der Waals surface area contributed by atoms with Crippen LogP contribution in [0.2, 0.25) is 0 Å². The highest BCUT2D eigenvalue weighted by Gasteiger charge is 2.07. The van der Waals surface area contributed by atoms with Gasteiger partial charge in [0, 0.05) is 6.54 Å². The zero-order chi connectivity index (χ0) is 24.4. The number of rotatable bonds is 19. The Morgan fingerprint density at radius 3 is 1.67 bits per heavy atom. The van der Waals surface area contributed by atoms with E-state index in [0.29, 0.717) is 0 Å². The maximum Gasteiger partial charge on any atom is 0.133 e. The van der Waals surface area contributed by atoms with Crippen molar-refractivity contribution in [2.75, 3.05) is 0 Å². The molecule has 3 aromatic rings. The van der Waals surface area contributed by atoms with Gasteiger partial charge in [0.1, 0.15) is 5.82 Å². The predicted octanol–water partition coefficient (Wildman–Crippen LogP) is 10.9. The summed E-state index contributed by atoms with van der Waals surface area (Å²) in [6, 6.07) is 19.0. The first-order valence-electron chi connectivity index (χ1n) is 14.6. The summed E-state index contributed by atoms with van der Waals surface area (Å²) in [6.45, 7) is 3.35. The van der Waals surface area contributed by atoms with Crippen molar-refractivity contribution >= 4 is 35.6 Å². The third-order valence-electron chi connectivity index (χ3n) is 7.14. The zero-order valence-electron chi connectivity index (χ0n) is 22.7. The number of hydrogen-bond acceptors (Lipinski definition) is 1. The molecule has 0 atom stereocenters. The summed E-state index contributed by atoms with van der Waals surface area (Å²) < 4.78 is 2.40. The first-order chi connectivity index (χ1) is 17.4. The van der Waals surface area contributed by atoms with E-state index in [1.807, 2.05) is 0 Å². The highest BCUT2D eigenvalue weighted by atomic mass is 35.5. The standard InChI is InChI=1S/C33H48N2.ClH/c1-2-3-4-5-6-7-8-9-10-11-12-13-14-15-16-22-29-35-32-26-21-20-25-31(32)34-33(35)28-27-30-23-18-17-19-24-30;/h17-21,23-28H,2-16,22,29H2,1H3;1H. The van der Waals surface area contributed by atoms with Gasteiger partial charge in [-0.3, -0.25) is 0 Å². The molecule has 1 heterocycles. The molecule has 0 saturated carbocycles. The fourth-order valence-electron chi connectivity index (χ4n) is 5.01. The molecule has 2 nitrogen and oxygen atoms in total. The lowest BCUT2D eigenvalue weighted by molar-refractivity contribution is 0.522. The molecule has 1 aromatic heterocycles. The van der Waals surface area contributed by atoms with Crippen LogP contribution in [0.5, 0.6) is 0 Å². The number of imidazole rings is 1. The van der Waals surface area contributed by atoms with Crippen LogP contribution in [0.3, 0.4) is 0 Å². The number of benzene rings is 2. The molecule has 0 radical (unpaired) electrons. The van der Waals surface area contributed by atoms with Crippen molar-refractivity contribution in [1.29, 1.82) is 0 Å². The van der Waals surface area contributed by atoms with Crippen LogP contribution >= 0.6 is 12.4 Å². The Morgan fingerprint density at radius 1 is 0.583 bits per heavy atom. The van der Waals surface area contributed by atoms with Gasteiger partial charge < -0.3 is 4.57 Å². The number of fused-ring (bicyclic) bond motifs is 1. The highest BCUT2D eigenvalue weighted by molar-refractivity contribution is 5.85. The van der Waals surface area contributed by atoms with Crippen LogP contribution in [0.1, 0.15) is 121 Å². The van der Waals surface area contributed by atoms with Crippen molar-refractivity contribution in [3.8, 4) is 0 Å². The average Bonchev–Trinajstić information content (AvgIpc) is 3.25. The van der Waals surface area contributed by atoms with Crippen LogP contribution in [0.4, 0.5) is 0 Å². The molecule has 2 aromatic carbocycles. The second kappa shape index (κ2) is 19.1. The minimum atomic E-state index is 0. The van der Waals surface area contributed by atoms with Crippen LogP contribution in [-0.2, 0) is 6.54 Å². The molecule has 0 bridgehead atoms. The summed E-state index contributed by atoms with van der Waals surface area (Å²) in [7, 11) is 0. The molecule has 0 aliphatic carbocycles. The molecule has 0 spiro atoms. The number of unbranched alkanes of at least 4 members (excludes halogenated alkanes) is 15. The van der Waals surface area contributed by atoms with E-state index >= 15 is 0 Å². The van der Waals surface area contributed by atoms with E-state index in [1.54, 1.807) is 0 Å². The number of para-hydroxylation sites is 2. The van der Waals surface area contributed by atoms with E-state index in [0.717, 1.165) is 17.9 Å². The number of aromatic nitrogens is 2. The van der Waals surface area contributed by atoms with Crippen molar-refractivity contribution in [1.82, 2.24) is 9.55 Å². The van der Waals surface area contributed by atoms with E-state index in [-0.39, 0.29) is 12.4 Å². The Morgan fingerprint density at radius 2 is 1.08 bits per heavy atom. The van der Waals surface area contributed by atoms with E-state index in [4.69, 9.17) is 4.98 Å². The van der Waals surface area contributed by atoms with Gasteiger partial charge in [0.15, 0.2) is 0 Å². The summed E-state index contributed by atoms with van der Waals surface area (Å²) in [5.74, 6) is 1.07. The summed E-state index contributed by atoms with van der Waals surface area (Å²) in [5, 5.41) is 0. The summed E-state index contributed by atoms with van der Waals surface area (Å²) >= 11 is 0. The third kappa shape index (κ3) is 11.3. The molecule has 0 saturated heterocycles. The van der Waals surface area contributed by atoms with E-state index < -0.39 is 0 Å². The third-order valence-corrected chi connectivity index (χ3v) is 7.14. The number of aryl methyl sites for hydroxylation is 1. The fraction of sp³-hybridized carbons (Fsp3) is 0.545.